The van der Waals surface area contributed by atoms with Gasteiger partial charge >= 0.3 is 6.18 Å². The predicted molar refractivity (Wildman–Crippen MR) is 43.8 cm³/mol. The lowest BCUT2D eigenvalue weighted by Gasteiger charge is -2.17. The second-order valence-corrected chi connectivity index (χ2v) is 2.82. The molecule has 6 nitrogen and oxygen atoms in total. The molecular formula is C6H8F3N5O. The van der Waals surface area contributed by atoms with E-state index in [0.717, 1.165) is 7.05 Å². The van der Waals surface area contributed by atoms with E-state index in [-0.39, 0.29) is 11.8 Å². The van der Waals surface area contributed by atoms with Gasteiger partial charge in [0.1, 0.15) is 6.54 Å². The molecule has 0 bridgehead atoms. The van der Waals surface area contributed by atoms with Gasteiger partial charge in [-0.3, -0.25) is 9.89 Å². The summed E-state index contributed by atoms with van der Waals surface area (Å²) in [6, 6.07) is 0. The molecule has 0 aliphatic carbocycles. The van der Waals surface area contributed by atoms with Crippen LogP contribution in [0.1, 0.15) is 10.6 Å². The zero-order valence-corrected chi connectivity index (χ0v) is 7.67. The number of anilines is 1. The minimum atomic E-state index is -4.45. The maximum absolute atomic E-state index is 11.9. The summed E-state index contributed by atoms with van der Waals surface area (Å²) in [5.74, 6) is -1.44. The number of alkyl halides is 3. The Kier molecular flexibility index (Phi) is 2.82. The second-order valence-electron chi connectivity index (χ2n) is 2.82. The number of nitrogens with two attached hydrogens (primary N) is 1. The van der Waals surface area contributed by atoms with Crippen molar-refractivity contribution in [3.63, 3.8) is 0 Å². The number of aromatic nitrogens is 3. The molecule has 15 heavy (non-hydrogen) atoms. The van der Waals surface area contributed by atoms with E-state index >= 15 is 0 Å². The molecule has 0 unspecified atom stereocenters. The van der Waals surface area contributed by atoms with Gasteiger partial charge in [-0.1, -0.05) is 0 Å². The second kappa shape index (κ2) is 3.75. The fraction of sp³-hybridized carbons (Fsp3) is 0.500. The zero-order valence-electron chi connectivity index (χ0n) is 7.67. The Morgan fingerprint density at radius 3 is 2.60 bits per heavy atom. The van der Waals surface area contributed by atoms with Crippen molar-refractivity contribution in [2.24, 2.45) is 0 Å². The highest BCUT2D eigenvalue weighted by atomic mass is 19.4. The van der Waals surface area contributed by atoms with Crippen molar-refractivity contribution < 1.29 is 18.0 Å². The standard InChI is InChI=1S/C6H8F3N5O/c1-14(2-6(7,8)9)4(15)3-11-5(10)13-12-3/h2H2,1H3,(H3,10,11,12,13). The van der Waals surface area contributed by atoms with E-state index < -0.39 is 18.6 Å². The molecule has 0 atom stereocenters. The van der Waals surface area contributed by atoms with Gasteiger partial charge < -0.3 is 10.6 Å². The van der Waals surface area contributed by atoms with Crippen LogP contribution in [-0.4, -0.2) is 45.8 Å². The van der Waals surface area contributed by atoms with Crippen molar-refractivity contribution in [2.45, 2.75) is 6.18 Å². The highest BCUT2D eigenvalue weighted by molar-refractivity contribution is 5.90. The van der Waals surface area contributed by atoms with Crippen molar-refractivity contribution in [3.8, 4) is 0 Å². The van der Waals surface area contributed by atoms with Crippen molar-refractivity contribution in [2.75, 3.05) is 19.3 Å². The van der Waals surface area contributed by atoms with E-state index in [1.54, 1.807) is 0 Å². The predicted octanol–water partition coefficient (Wildman–Crippen LogP) is 0.0212. The number of halogens is 3. The molecule has 0 spiro atoms. The largest absolute Gasteiger partial charge is 0.406 e. The third-order valence-electron chi connectivity index (χ3n) is 1.47. The maximum Gasteiger partial charge on any atom is 0.406 e. The molecule has 1 amide bonds. The Hall–Kier alpha value is -1.80. The van der Waals surface area contributed by atoms with E-state index in [1.807, 2.05) is 0 Å². The average Bonchev–Trinajstić information content (AvgIpc) is 2.47. The Balaban J connectivity index is 2.69. The van der Waals surface area contributed by atoms with Crippen molar-refractivity contribution in [1.82, 2.24) is 20.1 Å². The number of hydrogen-bond donors (Lipinski definition) is 2. The van der Waals surface area contributed by atoms with Crippen LogP contribution in [0.2, 0.25) is 0 Å². The van der Waals surface area contributed by atoms with Gasteiger partial charge in [-0.2, -0.15) is 18.2 Å². The molecule has 84 valence electrons. The van der Waals surface area contributed by atoms with Crippen molar-refractivity contribution in [3.05, 3.63) is 5.82 Å². The number of H-pyrrole nitrogens is 1. The highest BCUT2D eigenvalue weighted by Crippen LogP contribution is 2.16. The molecular weight excluding hydrogens is 215 g/mol. The van der Waals surface area contributed by atoms with E-state index in [9.17, 15) is 18.0 Å². The van der Waals surface area contributed by atoms with Gasteiger partial charge in [0.15, 0.2) is 0 Å². The SMILES string of the molecule is CN(CC(F)(F)F)C(=O)c1nc(N)n[nH]1. The number of carbonyl (C=O) groups is 1. The van der Waals surface area contributed by atoms with Crippen LogP contribution in [0, 0.1) is 0 Å². The molecule has 1 heterocycles. The van der Waals surface area contributed by atoms with Gasteiger partial charge in [-0.25, -0.2) is 0 Å². The lowest BCUT2D eigenvalue weighted by Crippen LogP contribution is -2.36. The van der Waals surface area contributed by atoms with Gasteiger partial charge in [0.25, 0.3) is 5.91 Å². The minimum absolute atomic E-state index is 0.196. The van der Waals surface area contributed by atoms with Gasteiger partial charge in [-0.05, 0) is 0 Å². The van der Waals surface area contributed by atoms with Crippen LogP contribution in [-0.2, 0) is 0 Å². The van der Waals surface area contributed by atoms with Crippen LogP contribution in [0.3, 0.4) is 0 Å². The number of nitrogens with one attached hydrogen (secondary N) is 1. The number of hydrogen-bond acceptors (Lipinski definition) is 4. The molecule has 0 saturated heterocycles. The Bertz CT molecular complexity index is 360. The fourth-order valence-corrected chi connectivity index (χ4v) is 0.892. The number of rotatable bonds is 2. The monoisotopic (exact) mass is 223 g/mol. The summed E-state index contributed by atoms with van der Waals surface area (Å²) >= 11 is 0. The Morgan fingerprint density at radius 2 is 2.20 bits per heavy atom. The third kappa shape index (κ3) is 3.11. The molecule has 0 aromatic carbocycles. The van der Waals surface area contributed by atoms with E-state index in [1.165, 1.54) is 0 Å². The minimum Gasteiger partial charge on any atom is -0.366 e. The van der Waals surface area contributed by atoms with E-state index in [4.69, 9.17) is 5.73 Å². The summed E-state index contributed by atoms with van der Waals surface area (Å²) in [7, 11) is 1.01. The Labute approximate surface area is 82.3 Å². The molecule has 1 aromatic rings. The number of nitrogen functional groups attached to an aromatic ring is 1. The molecule has 0 aliphatic heterocycles. The molecule has 0 aliphatic rings. The molecule has 1 rings (SSSR count). The average molecular weight is 223 g/mol. The first-order valence-electron chi connectivity index (χ1n) is 3.79. The first-order chi connectivity index (χ1) is 6.79. The van der Waals surface area contributed by atoms with E-state index in [2.05, 4.69) is 15.2 Å². The van der Waals surface area contributed by atoms with Crippen LogP contribution in [0.15, 0.2) is 0 Å². The van der Waals surface area contributed by atoms with Crippen LogP contribution in [0.25, 0.3) is 0 Å². The maximum atomic E-state index is 11.9. The molecule has 0 radical (unpaired) electrons. The van der Waals surface area contributed by atoms with Gasteiger partial charge in [0.05, 0.1) is 0 Å². The van der Waals surface area contributed by atoms with Gasteiger partial charge in [0, 0.05) is 7.05 Å². The first-order valence-corrected chi connectivity index (χ1v) is 3.79. The Morgan fingerprint density at radius 1 is 1.60 bits per heavy atom. The zero-order chi connectivity index (χ0) is 11.6. The first kappa shape index (κ1) is 11.3. The topological polar surface area (TPSA) is 87.9 Å². The number of aromatic amines is 1. The molecule has 9 heteroatoms. The van der Waals surface area contributed by atoms with Crippen molar-refractivity contribution >= 4 is 11.9 Å². The molecule has 3 N–H and O–H groups in total. The quantitative estimate of drug-likeness (QED) is 0.739. The normalized spacial score (nSPS) is 11.5. The summed E-state index contributed by atoms with van der Waals surface area (Å²) in [6.45, 7) is -1.35. The van der Waals surface area contributed by atoms with E-state index in [0.29, 0.717) is 4.90 Å². The summed E-state index contributed by atoms with van der Waals surface area (Å²) < 4.78 is 35.8. The summed E-state index contributed by atoms with van der Waals surface area (Å²) in [5.41, 5.74) is 5.10. The molecule has 0 saturated carbocycles. The summed E-state index contributed by atoms with van der Waals surface area (Å²) in [4.78, 5) is 15.2. The van der Waals surface area contributed by atoms with Crippen LogP contribution >= 0.6 is 0 Å². The third-order valence-corrected chi connectivity index (χ3v) is 1.47. The smallest absolute Gasteiger partial charge is 0.366 e. The molecule has 1 aromatic heterocycles. The number of amides is 1. The fourth-order valence-electron chi connectivity index (χ4n) is 0.892. The number of carbonyl (C=O) groups excluding carboxylic acids is 1. The summed E-state index contributed by atoms with van der Waals surface area (Å²) in [6.07, 6.45) is -4.45. The van der Waals surface area contributed by atoms with Gasteiger partial charge in [0.2, 0.25) is 11.8 Å². The lowest BCUT2D eigenvalue weighted by molar-refractivity contribution is -0.138. The number of nitrogens with zero attached hydrogens (tertiary/aromatic N) is 3. The van der Waals surface area contributed by atoms with Crippen LogP contribution in [0.5, 0.6) is 0 Å². The molecule has 0 fully saturated rings. The lowest BCUT2D eigenvalue weighted by atomic mass is 10.4. The van der Waals surface area contributed by atoms with Gasteiger partial charge in [-0.15, -0.1) is 5.10 Å². The highest BCUT2D eigenvalue weighted by Gasteiger charge is 2.32. The van der Waals surface area contributed by atoms with Crippen LogP contribution in [0.4, 0.5) is 19.1 Å². The summed E-state index contributed by atoms with van der Waals surface area (Å²) in [5, 5.41) is 5.46. The van der Waals surface area contributed by atoms with Crippen molar-refractivity contribution in [1.29, 1.82) is 0 Å². The van der Waals surface area contributed by atoms with Crippen LogP contribution < -0.4 is 5.73 Å².